The smallest absolute Gasteiger partial charge is 0.251 e. The Morgan fingerprint density at radius 1 is 1.00 bits per heavy atom. The lowest BCUT2D eigenvalue weighted by atomic mass is 10.1. The number of nitrogens with one attached hydrogen (secondary N) is 2. The van der Waals surface area contributed by atoms with Crippen molar-refractivity contribution in [3.8, 4) is 0 Å². The second-order valence-corrected chi connectivity index (χ2v) is 5.34. The highest BCUT2D eigenvalue weighted by Crippen LogP contribution is 2.12. The lowest BCUT2D eigenvalue weighted by molar-refractivity contribution is -0.122. The minimum absolute atomic E-state index is 0. The maximum absolute atomic E-state index is 12.2. The van der Waals surface area contributed by atoms with Crippen LogP contribution in [0.2, 0.25) is 0 Å². The molecule has 0 saturated carbocycles. The van der Waals surface area contributed by atoms with Crippen molar-refractivity contribution in [1.82, 2.24) is 10.6 Å². The van der Waals surface area contributed by atoms with E-state index in [2.05, 4.69) is 10.6 Å². The SMILES string of the molecule is C[C@H](N)C(=O)N[C@H](CNC(=O)c1ccccc1)c1ccccc1.Cl. The second-order valence-electron chi connectivity index (χ2n) is 5.34. The molecule has 0 fully saturated rings. The lowest BCUT2D eigenvalue weighted by Crippen LogP contribution is -2.44. The molecular weight excluding hydrogens is 326 g/mol. The molecule has 0 saturated heterocycles. The van der Waals surface area contributed by atoms with Crippen LogP contribution >= 0.6 is 12.4 Å². The number of carbonyl (C=O) groups is 2. The number of hydrogen-bond donors (Lipinski definition) is 3. The van der Waals surface area contributed by atoms with E-state index in [1.807, 2.05) is 48.5 Å². The molecule has 0 bridgehead atoms. The molecule has 0 heterocycles. The fourth-order valence-electron chi connectivity index (χ4n) is 2.13. The summed E-state index contributed by atoms with van der Waals surface area (Å²) in [6.07, 6.45) is 0. The Balaban J connectivity index is 0.00000288. The summed E-state index contributed by atoms with van der Waals surface area (Å²) in [4.78, 5) is 24.0. The molecule has 2 rings (SSSR count). The molecule has 4 N–H and O–H groups in total. The summed E-state index contributed by atoms with van der Waals surface area (Å²) in [7, 11) is 0. The lowest BCUT2D eigenvalue weighted by Gasteiger charge is -2.21. The van der Waals surface area contributed by atoms with Crippen molar-refractivity contribution in [3.05, 3.63) is 71.8 Å². The zero-order valence-electron chi connectivity index (χ0n) is 13.4. The van der Waals surface area contributed by atoms with Gasteiger partial charge in [-0.2, -0.15) is 0 Å². The van der Waals surface area contributed by atoms with Crippen molar-refractivity contribution in [2.24, 2.45) is 5.73 Å². The van der Waals surface area contributed by atoms with Gasteiger partial charge in [0.05, 0.1) is 12.1 Å². The Bertz CT molecular complexity index is 648. The van der Waals surface area contributed by atoms with Crippen molar-refractivity contribution >= 4 is 24.2 Å². The monoisotopic (exact) mass is 347 g/mol. The van der Waals surface area contributed by atoms with E-state index >= 15 is 0 Å². The molecular formula is C18H22ClN3O2. The number of carbonyl (C=O) groups excluding carboxylic acids is 2. The van der Waals surface area contributed by atoms with Gasteiger partial charge in [-0.25, -0.2) is 0 Å². The van der Waals surface area contributed by atoms with Crippen molar-refractivity contribution in [2.75, 3.05) is 6.54 Å². The van der Waals surface area contributed by atoms with Crippen LogP contribution in [-0.4, -0.2) is 24.4 Å². The summed E-state index contributed by atoms with van der Waals surface area (Å²) in [5.74, 6) is -0.436. The first-order valence-electron chi connectivity index (χ1n) is 7.52. The Labute approximate surface area is 148 Å². The molecule has 2 aromatic carbocycles. The summed E-state index contributed by atoms with van der Waals surface area (Å²) >= 11 is 0. The van der Waals surface area contributed by atoms with Gasteiger partial charge >= 0.3 is 0 Å². The second kappa shape index (κ2) is 9.70. The minimum atomic E-state index is -0.606. The van der Waals surface area contributed by atoms with Gasteiger partial charge in [-0.1, -0.05) is 48.5 Å². The van der Waals surface area contributed by atoms with E-state index in [0.717, 1.165) is 5.56 Å². The summed E-state index contributed by atoms with van der Waals surface area (Å²) < 4.78 is 0. The van der Waals surface area contributed by atoms with E-state index in [1.54, 1.807) is 19.1 Å². The maximum atomic E-state index is 12.2. The van der Waals surface area contributed by atoms with Crippen molar-refractivity contribution < 1.29 is 9.59 Å². The highest BCUT2D eigenvalue weighted by molar-refractivity contribution is 5.94. The number of amides is 2. The predicted octanol–water partition coefficient (Wildman–Crippen LogP) is 2.04. The number of hydrogen-bond acceptors (Lipinski definition) is 3. The van der Waals surface area contributed by atoms with Crippen LogP contribution in [0.1, 0.15) is 28.9 Å². The zero-order chi connectivity index (χ0) is 16.7. The Kier molecular flexibility index (Phi) is 7.95. The first-order valence-corrected chi connectivity index (χ1v) is 7.52. The summed E-state index contributed by atoms with van der Waals surface area (Å²) in [5.41, 5.74) is 7.10. The standard InChI is InChI=1S/C18H21N3O2.ClH/c1-13(19)17(22)21-16(14-8-4-2-5-9-14)12-20-18(23)15-10-6-3-7-11-15;/h2-11,13,16H,12,19H2,1H3,(H,20,23)(H,21,22);1H/t13-,16+;/m0./s1. The molecule has 128 valence electrons. The Hall–Kier alpha value is -2.37. The van der Waals surface area contributed by atoms with Gasteiger partial charge < -0.3 is 16.4 Å². The fraction of sp³-hybridized carbons (Fsp3) is 0.222. The Morgan fingerprint density at radius 3 is 2.08 bits per heavy atom. The highest BCUT2D eigenvalue weighted by Gasteiger charge is 2.17. The van der Waals surface area contributed by atoms with Gasteiger partial charge in [-0.3, -0.25) is 9.59 Å². The first kappa shape index (κ1) is 19.7. The molecule has 0 aliphatic rings. The average molecular weight is 348 g/mol. The molecule has 0 aliphatic heterocycles. The first-order chi connectivity index (χ1) is 11.1. The van der Waals surface area contributed by atoms with Crippen LogP contribution in [0, 0.1) is 0 Å². The third kappa shape index (κ3) is 5.68. The summed E-state index contributed by atoms with van der Waals surface area (Å²) in [6.45, 7) is 1.91. The zero-order valence-corrected chi connectivity index (χ0v) is 14.3. The van der Waals surface area contributed by atoms with Gasteiger partial charge in [0.2, 0.25) is 5.91 Å². The van der Waals surface area contributed by atoms with E-state index in [0.29, 0.717) is 5.56 Å². The minimum Gasteiger partial charge on any atom is -0.350 e. The van der Waals surface area contributed by atoms with E-state index in [1.165, 1.54) is 0 Å². The molecule has 0 radical (unpaired) electrons. The van der Waals surface area contributed by atoms with E-state index in [-0.39, 0.29) is 36.8 Å². The van der Waals surface area contributed by atoms with Crippen molar-refractivity contribution in [1.29, 1.82) is 0 Å². The van der Waals surface area contributed by atoms with Crippen LogP contribution in [0.4, 0.5) is 0 Å². The fourth-order valence-corrected chi connectivity index (χ4v) is 2.13. The summed E-state index contributed by atoms with van der Waals surface area (Å²) in [5, 5.41) is 5.71. The van der Waals surface area contributed by atoms with E-state index in [4.69, 9.17) is 5.73 Å². The van der Waals surface area contributed by atoms with Crippen LogP contribution < -0.4 is 16.4 Å². The molecule has 2 aromatic rings. The molecule has 0 aromatic heterocycles. The molecule has 0 aliphatic carbocycles. The van der Waals surface area contributed by atoms with Gasteiger partial charge in [0, 0.05) is 12.1 Å². The number of rotatable bonds is 6. The van der Waals surface area contributed by atoms with Crippen LogP contribution in [0.25, 0.3) is 0 Å². The van der Waals surface area contributed by atoms with Crippen LogP contribution in [-0.2, 0) is 4.79 Å². The maximum Gasteiger partial charge on any atom is 0.251 e. The summed E-state index contributed by atoms with van der Waals surface area (Å²) in [6, 6.07) is 17.5. The highest BCUT2D eigenvalue weighted by atomic mass is 35.5. The topological polar surface area (TPSA) is 84.2 Å². The molecule has 0 spiro atoms. The third-order valence-electron chi connectivity index (χ3n) is 3.43. The van der Waals surface area contributed by atoms with Gasteiger partial charge in [-0.05, 0) is 24.6 Å². The van der Waals surface area contributed by atoms with Crippen LogP contribution in [0.5, 0.6) is 0 Å². The van der Waals surface area contributed by atoms with Crippen molar-refractivity contribution in [2.45, 2.75) is 19.0 Å². The van der Waals surface area contributed by atoms with Gasteiger partial charge in [0.15, 0.2) is 0 Å². The molecule has 5 nitrogen and oxygen atoms in total. The largest absolute Gasteiger partial charge is 0.350 e. The van der Waals surface area contributed by atoms with Gasteiger partial charge in [0.25, 0.3) is 5.91 Å². The van der Waals surface area contributed by atoms with Crippen LogP contribution in [0.3, 0.4) is 0 Å². The molecule has 24 heavy (non-hydrogen) atoms. The third-order valence-corrected chi connectivity index (χ3v) is 3.43. The predicted molar refractivity (Wildman–Crippen MR) is 97.0 cm³/mol. The number of nitrogens with two attached hydrogens (primary N) is 1. The molecule has 6 heteroatoms. The van der Waals surface area contributed by atoms with Gasteiger partial charge in [-0.15, -0.1) is 12.4 Å². The van der Waals surface area contributed by atoms with Crippen molar-refractivity contribution in [3.63, 3.8) is 0 Å². The van der Waals surface area contributed by atoms with Crippen LogP contribution in [0.15, 0.2) is 60.7 Å². The van der Waals surface area contributed by atoms with E-state index in [9.17, 15) is 9.59 Å². The van der Waals surface area contributed by atoms with E-state index < -0.39 is 6.04 Å². The number of halogens is 1. The van der Waals surface area contributed by atoms with Gasteiger partial charge in [0.1, 0.15) is 0 Å². The molecule has 2 amide bonds. The molecule has 2 atom stereocenters. The number of benzene rings is 2. The Morgan fingerprint density at radius 2 is 1.54 bits per heavy atom. The normalized spacial score (nSPS) is 12.4. The average Bonchev–Trinajstić information content (AvgIpc) is 2.59. The quantitative estimate of drug-likeness (QED) is 0.747. The molecule has 0 unspecified atom stereocenters.